The van der Waals surface area contributed by atoms with Crippen LogP contribution in [-0.2, 0) is 0 Å². The first-order valence-corrected chi connectivity index (χ1v) is 7.33. The van der Waals surface area contributed by atoms with E-state index in [4.69, 9.17) is 5.26 Å². The Labute approximate surface area is 124 Å². The number of nitrogens with zero attached hydrogens (tertiary/aromatic N) is 3. The zero-order chi connectivity index (χ0) is 14.7. The fraction of sp³-hybridized carbons (Fsp3) is 0.353. The van der Waals surface area contributed by atoms with Gasteiger partial charge in [0.2, 0.25) is 0 Å². The van der Waals surface area contributed by atoms with Crippen LogP contribution < -0.4 is 0 Å². The maximum absolute atomic E-state index is 12.9. The van der Waals surface area contributed by atoms with Crippen molar-refractivity contribution in [3.8, 4) is 6.07 Å². The summed E-state index contributed by atoms with van der Waals surface area (Å²) in [6.07, 6.45) is 5.95. The van der Waals surface area contributed by atoms with E-state index in [0.717, 1.165) is 31.1 Å². The SMILES string of the molecule is N#CCN(C(=O)c1cccc2cccnc12)C1CCCC1. The van der Waals surface area contributed by atoms with Gasteiger partial charge in [0, 0.05) is 17.6 Å². The number of aromatic nitrogens is 1. The van der Waals surface area contributed by atoms with Crippen LogP contribution in [0.1, 0.15) is 36.0 Å². The van der Waals surface area contributed by atoms with E-state index in [2.05, 4.69) is 11.1 Å². The first-order valence-electron chi connectivity index (χ1n) is 7.33. The van der Waals surface area contributed by atoms with Crippen LogP contribution >= 0.6 is 0 Å². The van der Waals surface area contributed by atoms with Crippen molar-refractivity contribution in [2.24, 2.45) is 0 Å². The summed E-state index contributed by atoms with van der Waals surface area (Å²) < 4.78 is 0. The maximum Gasteiger partial charge on any atom is 0.257 e. The second kappa shape index (κ2) is 5.92. The molecule has 1 amide bonds. The fourth-order valence-electron chi connectivity index (χ4n) is 3.09. The Morgan fingerprint density at radius 3 is 2.81 bits per heavy atom. The Bertz CT molecular complexity index is 693. The van der Waals surface area contributed by atoms with E-state index in [9.17, 15) is 4.79 Å². The van der Waals surface area contributed by atoms with Crippen molar-refractivity contribution >= 4 is 16.8 Å². The molecule has 0 radical (unpaired) electrons. The van der Waals surface area contributed by atoms with Crippen molar-refractivity contribution in [2.75, 3.05) is 6.54 Å². The number of amides is 1. The number of fused-ring (bicyclic) bond motifs is 1. The Balaban J connectivity index is 1.99. The van der Waals surface area contributed by atoms with Crippen molar-refractivity contribution in [1.29, 1.82) is 5.26 Å². The summed E-state index contributed by atoms with van der Waals surface area (Å²) >= 11 is 0. The van der Waals surface area contributed by atoms with Gasteiger partial charge in [-0.2, -0.15) is 5.26 Å². The lowest BCUT2D eigenvalue weighted by atomic mass is 10.1. The van der Waals surface area contributed by atoms with Gasteiger partial charge in [-0.3, -0.25) is 9.78 Å². The van der Waals surface area contributed by atoms with Crippen LogP contribution in [0.5, 0.6) is 0 Å². The number of pyridine rings is 1. The molecule has 0 saturated heterocycles. The second-order valence-electron chi connectivity index (χ2n) is 5.41. The molecule has 0 aliphatic heterocycles. The molecule has 1 fully saturated rings. The van der Waals surface area contributed by atoms with Crippen molar-refractivity contribution in [1.82, 2.24) is 9.88 Å². The molecule has 3 rings (SSSR count). The van der Waals surface area contributed by atoms with Gasteiger partial charge in [-0.1, -0.05) is 31.0 Å². The van der Waals surface area contributed by atoms with Crippen LogP contribution in [0.15, 0.2) is 36.5 Å². The Morgan fingerprint density at radius 1 is 1.29 bits per heavy atom. The quantitative estimate of drug-likeness (QED) is 0.811. The molecule has 1 aromatic carbocycles. The molecule has 106 valence electrons. The molecule has 0 atom stereocenters. The van der Waals surface area contributed by atoms with E-state index in [1.165, 1.54) is 0 Å². The molecule has 0 N–H and O–H groups in total. The number of nitriles is 1. The number of hydrogen-bond acceptors (Lipinski definition) is 3. The van der Waals surface area contributed by atoms with E-state index >= 15 is 0 Å². The van der Waals surface area contributed by atoms with Crippen LogP contribution in [0.3, 0.4) is 0 Å². The summed E-state index contributed by atoms with van der Waals surface area (Å²) in [5.41, 5.74) is 1.31. The molecule has 0 bridgehead atoms. The van der Waals surface area contributed by atoms with Gasteiger partial charge in [-0.15, -0.1) is 0 Å². The molecule has 1 saturated carbocycles. The van der Waals surface area contributed by atoms with Crippen molar-refractivity contribution in [2.45, 2.75) is 31.7 Å². The van der Waals surface area contributed by atoms with Gasteiger partial charge in [0.15, 0.2) is 0 Å². The van der Waals surface area contributed by atoms with Gasteiger partial charge in [0.05, 0.1) is 17.1 Å². The van der Waals surface area contributed by atoms with Gasteiger partial charge in [-0.25, -0.2) is 0 Å². The van der Waals surface area contributed by atoms with Gasteiger partial charge in [0.25, 0.3) is 5.91 Å². The number of carbonyl (C=O) groups is 1. The summed E-state index contributed by atoms with van der Waals surface area (Å²) in [6, 6.07) is 11.8. The molecule has 1 aromatic heterocycles. The van der Waals surface area contributed by atoms with Gasteiger partial charge in [0.1, 0.15) is 6.54 Å². The number of benzene rings is 1. The topological polar surface area (TPSA) is 57.0 Å². The molecule has 4 heteroatoms. The van der Waals surface area contributed by atoms with E-state index in [1.54, 1.807) is 17.2 Å². The minimum atomic E-state index is -0.0762. The molecule has 21 heavy (non-hydrogen) atoms. The molecule has 0 spiro atoms. The minimum absolute atomic E-state index is 0.0762. The number of para-hydroxylation sites is 1. The first kappa shape index (κ1) is 13.6. The number of rotatable bonds is 3. The zero-order valence-electron chi connectivity index (χ0n) is 11.8. The van der Waals surface area contributed by atoms with E-state index in [1.807, 2.05) is 24.3 Å². The van der Waals surface area contributed by atoms with E-state index in [0.29, 0.717) is 11.1 Å². The largest absolute Gasteiger partial charge is 0.322 e. The van der Waals surface area contributed by atoms with Crippen molar-refractivity contribution in [3.05, 3.63) is 42.1 Å². The highest BCUT2D eigenvalue weighted by Gasteiger charge is 2.28. The van der Waals surface area contributed by atoms with Gasteiger partial charge < -0.3 is 4.90 Å². The average molecular weight is 279 g/mol. The standard InChI is InChI=1S/C17H17N3O/c18-10-12-20(14-7-1-2-8-14)17(21)15-9-3-5-13-6-4-11-19-16(13)15/h3-6,9,11,14H,1-2,7-8,12H2. The monoisotopic (exact) mass is 279 g/mol. The molecule has 2 aromatic rings. The number of hydrogen-bond donors (Lipinski definition) is 0. The van der Waals surface area contributed by atoms with E-state index < -0.39 is 0 Å². The second-order valence-corrected chi connectivity index (χ2v) is 5.41. The van der Waals surface area contributed by atoms with Gasteiger partial charge >= 0.3 is 0 Å². The van der Waals surface area contributed by atoms with Crippen LogP contribution in [-0.4, -0.2) is 28.4 Å². The molecule has 4 nitrogen and oxygen atoms in total. The Hall–Kier alpha value is -2.41. The predicted molar refractivity (Wildman–Crippen MR) is 80.6 cm³/mol. The van der Waals surface area contributed by atoms with Crippen LogP contribution in [0.4, 0.5) is 0 Å². The van der Waals surface area contributed by atoms with Crippen molar-refractivity contribution in [3.63, 3.8) is 0 Å². The summed E-state index contributed by atoms with van der Waals surface area (Å²) in [5.74, 6) is -0.0762. The molecule has 1 aliphatic carbocycles. The summed E-state index contributed by atoms with van der Waals surface area (Å²) in [4.78, 5) is 18.9. The minimum Gasteiger partial charge on any atom is -0.322 e. The van der Waals surface area contributed by atoms with E-state index in [-0.39, 0.29) is 18.5 Å². The van der Waals surface area contributed by atoms with Gasteiger partial charge in [-0.05, 0) is 25.0 Å². The Kier molecular flexibility index (Phi) is 3.83. The zero-order valence-corrected chi connectivity index (χ0v) is 11.8. The summed E-state index contributed by atoms with van der Waals surface area (Å²) in [7, 11) is 0. The molecular formula is C17H17N3O. The summed E-state index contributed by atoms with van der Waals surface area (Å²) in [5, 5.41) is 10.00. The normalized spacial score (nSPS) is 15.0. The third-order valence-corrected chi connectivity index (χ3v) is 4.13. The highest BCUT2D eigenvalue weighted by molar-refractivity contribution is 6.05. The maximum atomic E-state index is 12.9. The molecular weight excluding hydrogens is 262 g/mol. The van der Waals surface area contributed by atoms with Crippen LogP contribution in [0, 0.1) is 11.3 Å². The third kappa shape index (κ3) is 2.59. The highest BCUT2D eigenvalue weighted by Crippen LogP contribution is 2.26. The average Bonchev–Trinajstić information content (AvgIpc) is 3.05. The molecule has 0 unspecified atom stereocenters. The summed E-state index contributed by atoms with van der Waals surface area (Å²) in [6.45, 7) is 0.146. The Morgan fingerprint density at radius 2 is 2.05 bits per heavy atom. The lowest BCUT2D eigenvalue weighted by Gasteiger charge is -2.26. The lowest BCUT2D eigenvalue weighted by molar-refractivity contribution is 0.0711. The fourth-order valence-corrected chi connectivity index (χ4v) is 3.09. The predicted octanol–water partition coefficient (Wildman–Crippen LogP) is 3.14. The number of carbonyl (C=O) groups excluding carboxylic acids is 1. The molecule has 1 heterocycles. The highest BCUT2D eigenvalue weighted by atomic mass is 16.2. The van der Waals surface area contributed by atoms with Crippen LogP contribution in [0.25, 0.3) is 10.9 Å². The molecule has 1 aliphatic rings. The third-order valence-electron chi connectivity index (χ3n) is 4.13. The first-order chi connectivity index (χ1) is 10.3. The van der Waals surface area contributed by atoms with Crippen molar-refractivity contribution < 1.29 is 4.79 Å². The smallest absolute Gasteiger partial charge is 0.257 e. The van der Waals surface area contributed by atoms with Crippen LogP contribution in [0.2, 0.25) is 0 Å². The lowest BCUT2D eigenvalue weighted by Crippen LogP contribution is -2.39.